The number of likely N-dealkylation sites (N-methyl/N-ethyl adjacent to an activating group) is 1. The number of carbonyl (C=O) groups is 1. The molecule has 1 aliphatic rings. The van der Waals surface area contributed by atoms with Crippen molar-refractivity contribution in [2.75, 3.05) is 39.5 Å². The van der Waals surface area contributed by atoms with Gasteiger partial charge in [-0.05, 0) is 33.0 Å². The van der Waals surface area contributed by atoms with E-state index in [0.29, 0.717) is 19.1 Å². The first-order valence-corrected chi connectivity index (χ1v) is 6.82. The fraction of sp³-hybridized carbons (Fsp3) is 0.571. The highest BCUT2D eigenvalue weighted by Crippen LogP contribution is 2.20. The molecule has 1 atom stereocenters. The van der Waals surface area contributed by atoms with Crippen LogP contribution in [-0.4, -0.2) is 61.0 Å². The lowest BCUT2D eigenvalue weighted by atomic mass is 10.0. The largest absolute Gasteiger partial charge is 0.371 e. The van der Waals surface area contributed by atoms with Crippen molar-refractivity contribution in [1.29, 1.82) is 0 Å². The number of hydrogen-bond acceptors (Lipinski definition) is 4. The van der Waals surface area contributed by atoms with Gasteiger partial charge in [-0.25, -0.2) is 9.37 Å². The quantitative estimate of drug-likeness (QED) is 0.910. The molecule has 0 saturated carbocycles. The summed E-state index contributed by atoms with van der Waals surface area (Å²) in [7, 11) is 5.60. The van der Waals surface area contributed by atoms with E-state index < -0.39 is 5.82 Å². The molecule has 0 radical (unpaired) electrons. The fourth-order valence-corrected chi connectivity index (χ4v) is 2.51. The standard InChI is InChI=1S/C14H21FN4O/c1-16-13-12(15)11(6-7-17-13)14(20)19-8-4-5-10(9-19)18(2)3/h6-7,10H,4-5,8-9H2,1-3H3,(H,16,17). The van der Waals surface area contributed by atoms with Gasteiger partial charge in [-0.1, -0.05) is 0 Å². The van der Waals surface area contributed by atoms with Crippen LogP contribution in [0.2, 0.25) is 0 Å². The summed E-state index contributed by atoms with van der Waals surface area (Å²) in [5.74, 6) is -0.725. The van der Waals surface area contributed by atoms with Crippen molar-refractivity contribution in [3.63, 3.8) is 0 Å². The van der Waals surface area contributed by atoms with Crippen molar-refractivity contribution in [3.8, 4) is 0 Å². The number of piperidine rings is 1. The van der Waals surface area contributed by atoms with E-state index in [2.05, 4.69) is 15.2 Å². The molecule has 2 heterocycles. The lowest BCUT2D eigenvalue weighted by Crippen LogP contribution is -2.47. The van der Waals surface area contributed by atoms with Gasteiger partial charge in [0.25, 0.3) is 5.91 Å². The molecular formula is C14H21FN4O. The Kier molecular flexibility index (Phi) is 4.54. The molecule has 1 unspecified atom stereocenters. The summed E-state index contributed by atoms with van der Waals surface area (Å²) in [5, 5.41) is 2.66. The average molecular weight is 280 g/mol. The number of carbonyl (C=O) groups excluding carboxylic acids is 1. The maximum absolute atomic E-state index is 14.2. The van der Waals surface area contributed by atoms with Crippen LogP contribution in [0.4, 0.5) is 10.2 Å². The Labute approximate surface area is 118 Å². The number of nitrogens with one attached hydrogen (secondary N) is 1. The van der Waals surface area contributed by atoms with Crippen molar-refractivity contribution < 1.29 is 9.18 Å². The second-order valence-electron chi connectivity index (χ2n) is 5.28. The minimum absolute atomic E-state index is 0.0868. The number of aromatic nitrogens is 1. The Morgan fingerprint density at radius 3 is 2.95 bits per heavy atom. The van der Waals surface area contributed by atoms with Crippen molar-refractivity contribution in [2.45, 2.75) is 18.9 Å². The molecule has 1 fully saturated rings. The van der Waals surface area contributed by atoms with E-state index >= 15 is 0 Å². The van der Waals surface area contributed by atoms with E-state index in [1.165, 1.54) is 12.3 Å². The molecule has 1 saturated heterocycles. The predicted octanol–water partition coefficient (Wildman–Crippen LogP) is 1.43. The summed E-state index contributed by atoms with van der Waals surface area (Å²) < 4.78 is 14.2. The summed E-state index contributed by atoms with van der Waals surface area (Å²) in [6.07, 6.45) is 3.47. The van der Waals surface area contributed by atoms with Gasteiger partial charge in [0.1, 0.15) is 0 Å². The summed E-state index contributed by atoms with van der Waals surface area (Å²) in [6, 6.07) is 1.78. The van der Waals surface area contributed by atoms with Crippen LogP contribution in [0.1, 0.15) is 23.2 Å². The molecule has 20 heavy (non-hydrogen) atoms. The maximum Gasteiger partial charge on any atom is 0.257 e. The first-order valence-electron chi connectivity index (χ1n) is 6.82. The molecule has 110 valence electrons. The first kappa shape index (κ1) is 14.7. The molecule has 0 aliphatic carbocycles. The Bertz CT molecular complexity index is 492. The van der Waals surface area contributed by atoms with E-state index in [1.807, 2.05) is 14.1 Å². The zero-order valence-corrected chi connectivity index (χ0v) is 12.2. The molecule has 0 spiro atoms. The lowest BCUT2D eigenvalue weighted by Gasteiger charge is -2.36. The Morgan fingerprint density at radius 1 is 1.55 bits per heavy atom. The number of hydrogen-bond donors (Lipinski definition) is 1. The Balaban J connectivity index is 2.19. The highest BCUT2D eigenvalue weighted by Gasteiger charge is 2.27. The van der Waals surface area contributed by atoms with Crippen molar-refractivity contribution in [1.82, 2.24) is 14.8 Å². The number of anilines is 1. The maximum atomic E-state index is 14.2. The molecule has 1 amide bonds. The molecule has 0 aromatic carbocycles. The molecule has 2 rings (SSSR count). The van der Waals surface area contributed by atoms with Crippen LogP contribution < -0.4 is 5.32 Å². The van der Waals surface area contributed by atoms with Crippen LogP contribution in [0.25, 0.3) is 0 Å². The highest BCUT2D eigenvalue weighted by molar-refractivity contribution is 5.95. The van der Waals surface area contributed by atoms with Gasteiger partial charge < -0.3 is 15.1 Å². The third-order valence-corrected chi connectivity index (χ3v) is 3.77. The molecule has 5 nitrogen and oxygen atoms in total. The lowest BCUT2D eigenvalue weighted by molar-refractivity contribution is 0.0630. The molecule has 1 N–H and O–H groups in total. The van der Waals surface area contributed by atoms with Gasteiger partial charge in [0.15, 0.2) is 11.6 Å². The normalized spacial score (nSPS) is 19.2. The van der Waals surface area contributed by atoms with Gasteiger partial charge in [-0.15, -0.1) is 0 Å². The van der Waals surface area contributed by atoms with Crippen LogP contribution in [0.3, 0.4) is 0 Å². The van der Waals surface area contributed by atoms with Gasteiger partial charge in [-0.2, -0.15) is 0 Å². The second kappa shape index (κ2) is 6.17. The van der Waals surface area contributed by atoms with E-state index in [4.69, 9.17) is 0 Å². The average Bonchev–Trinajstić information content (AvgIpc) is 2.47. The van der Waals surface area contributed by atoms with Crippen molar-refractivity contribution in [3.05, 3.63) is 23.6 Å². The topological polar surface area (TPSA) is 48.5 Å². The first-order chi connectivity index (χ1) is 9.54. The second-order valence-corrected chi connectivity index (χ2v) is 5.28. The number of likely N-dealkylation sites (tertiary alicyclic amines) is 1. The number of amides is 1. The van der Waals surface area contributed by atoms with E-state index in [-0.39, 0.29) is 17.3 Å². The van der Waals surface area contributed by atoms with E-state index in [9.17, 15) is 9.18 Å². The molecule has 6 heteroatoms. The molecule has 1 aromatic rings. The third kappa shape index (κ3) is 2.90. The molecule has 1 aliphatic heterocycles. The van der Waals surface area contributed by atoms with Gasteiger partial charge >= 0.3 is 0 Å². The van der Waals surface area contributed by atoms with Crippen LogP contribution in [0, 0.1) is 5.82 Å². The van der Waals surface area contributed by atoms with E-state index in [0.717, 1.165) is 12.8 Å². The SMILES string of the molecule is CNc1nccc(C(=O)N2CCCC(N(C)C)C2)c1F. The smallest absolute Gasteiger partial charge is 0.257 e. The fourth-order valence-electron chi connectivity index (χ4n) is 2.51. The monoisotopic (exact) mass is 280 g/mol. The number of halogens is 1. The summed E-state index contributed by atoms with van der Waals surface area (Å²) >= 11 is 0. The van der Waals surface area contributed by atoms with Crippen LogP contribution in [0.15, 0.2) is 12.3 Å². The zero-order valence-electron chi connectivity index (χ0n) is 12.2. The Hall–Kier alpha value is -1.69. The summed E-state index contributed by atoms with van der Waals surface area (Å²) in [4.78, 5) is 20.2. The molecule has 0 bridgehead atoms. The highest BCUT2D eigenvalue weighted by atomic mass is 19.1. The Morgan fingerprint density at radius 2 is 2.30 bits per heavy atom. The molecular weight excluding hydrogens is 259 g/mol. The van der Waals surface area contributed by atoms with Crippen LogP contribution >= 0.6 is 0 Å². The zero-order chi connectivity index (χ0) is 14.7. The number of pyridine rings is 1. The summed E-state index contributed by atoms with van der Waals surface area (Å²) in [5.41, 5.74) is 0.0868. The van der Waals surface area contributed by atoms with Gasteiger partial charge in [0.2, 0.25) is 0 Å². The number of nitrogens with zero attached hydrogens (tertiary/aromatic N) is 3. The van der Waals surface area contributed by atoms with Gasteiger partial charge in [-0.3, -0.25) is 4.79 Å². The van der Waals surface area contributed by atoms with Crippen molar-refractivity contribution in [2.24, 2.45) is 0 Å². The molecule has 1 aromatic heterocycles. The summed E-state index contributed by atoms with van der Waals surface area (Å²) in [6.45, 7) is 1.32. The van der Waals surface area contributed by atoms with Gasteiger partial charge in [0, 0.05) is 32.4 Å². The third-order valence-electron chi connectivity index (χ3n) is 3.77. The predicted molar refractivity (Wildman–Crippen MR) is 76.4 cm³/mol. The number of rotatable bonds is 3. The van der Waals surface area contributed by atoms with Crippen LogP contribution in [-0.2, 0) is 0 Å². The van der Waals surface area contributed by atoms with Crippen molar-refractivity contribution >= 4 is 11.7 Å². The minimum atomic E-state index is -0.577. The van der Waals surface area contributed by atoms with E-state index in [1.54, 1.807) is 11.9 Å². The van der Waals surface area contributed by atoms with Gasteiger partial charge in [0.05, 0.1) is 5.56 Å². The minimum Gasteiger partial charge on any atom is -0.371 e. The van der Waals surface area contributed by atoms with Crippen LogP contribution in [0.5, 0.6) is 0 Å².